The maximum absolute atomic E-state index is 6.34. The summed E-state index contributed by atoms with van der Waals surface area (Å²) in [6.45, 7) is 0. The van der Waals surface area contributed by atoms with Gasteiger partial charge < -0.3 is 4.74 Å². The Balaban J connectivity index is 1.39. The zero-order valence-electron chi connectivity index (χ0n) is 17.5. The van der Waals surface area contributed by atoms with Gasteiger partial charge in [-0.2, -0.15) is 0 Å². The van der Waals surface area contributed by atoms with E-state index in [1.807, 2.05) is 97.1 Å². The molecule has 0 unspecified atom stereocenters. The summed E-state index contributed by atoms with van der Waals surface area (Å²) in [7, 11) is 0. The van der Waals surface area contributed by atoms with Crippen molar-refractivity contribution in [1.82, 2.24) is 9.97 Å². The van der Waals surface area contributed by atoms with E-state index in [0.717, 1.165) is 45.1 Å². The van der Waals surface area contributed by atoms with Gasteiger partial charge in [0.25, 0.3) is 0 Å². The lowest BCUT2D eigenvalue weighted by atomic mass is 10.1. The van der Waals surface area contributed by atoms with Gasteiger partial charge in [-0.1, -0.05) is 65.7 Å². The standard InChI is InChI=1S/C28H18Cl2N2O/c29-24-10-5-11-25(30)28(24)21-13-14-27(32-18-21)20-7-4-9-23(17-20)33-22-8-3-6-19(16-22)26-12-1-2-15-31-26/h1-18H. The minimum absolute atomic E-state index is 0.598. The van der Waals surface area contributed by atoms with Crippen molar-refractivity contribution in [2.75, 3.05) is 0 Å². The Morgan fingerprint density at radius 3 is 1.76 bits per heavy atom. The molecule has 0 saturated carbocycles. The number of pyridine rings is 2. The maximum Gasteiger partial charge on any atom is 0.128 e. The average Bonchev–Trinajstić information content (AvgIpc) is 2.85. The Bertz CT molecular complexity index is 1380. The maximum atomic E-state index is 6.34. The first kappa shape index (κ1) is 21.2. The first-order chi connectivity index (χ1) is 16.2. The molecule has 33 heavy (non-hydrogen) atoms. The number of nitrogens with zero attached hydrogens (tertiary/aromatic N) is 2. The van der Waals surface area contributed by atoms with E-state index in [-0.39, 0.29) is 0 Å². The van der Waals surface area contributed by atoms with Gasteiger partial charge in [-0.15, -0.1) is 0 Å². The van der Waals surface area contributed by atoms with E-state index in [4.69, 9.17) is 27.9 Å². The van der Waals surface area contributed by atoms with Gasteiger partial charge in [0.15, 0.2) is 0 Å². The summed E-state index contributed by atoms with van der Waals surface area (Å²) in [6, 6.07) is 31.0. The summed E-state index contributed by atoms with van der Waals surface area (Å²) in [6.07, 6.45) is 3.57. The molecule has 0 aliphatic carbocycles. The molecule has 3 aromatic carbocycles. The zero-order valence-corrected chi connectivity index (χ0v) is 19.0. The summed E-state index contributed by atoms with van der Waals surface area (Å²) in [5.41, 5.74) is 5.33. The van der Waals surface area contributed by atoms with Gasteiger partial charge in [0, 0.05) is 44.7 Å². The van der Waals surface area contributed by atoms with Crippen molar-refractivity contribution in [1.29, 1.82) is 0 Å². The smallest absolute Gasteiger partial charge is 0.128 e. The van der Waals surface area contributed by atoms with Crippen molar-refractivity contribution in [3.63, 3.8) is 0 Å². The Labute approximate surface area is 202 Å². The quantitative estimate of drug-likeness (QED) is 0.259. The van der Waals surface area contributed by atoms with E-state index in [9.17, 15) is 0 Å². The van der Waals surface area contributed by atoms with Crippen LogP contribution in [0.2, 0.25) is 10.0 Å². The van der Waals surface area contributed by atoms with E-state index >= 15 is 0 Å². The minimum atomic E-state index is 0.598. The van der Waals surface area contributed by atoms with Crippen LogP contribution in [0.1, 0.15) is 0 Å². The molecule has 0 aliphatic heterocycles. The molecule has 2 heterocycles. The van der Waals surface area contributed by atoms with Gasteiger partial charge in [-0.3, -0.25) is 9.97 Å². The molecule has 5 rings (SSSR count). The van der Waals surface area contributed by atoms with E-state index in [1.54, 1.807) is 12.4 Å². The van der Waals surface area contributed by atoms with Gasteiger partial charge >= 0.3 is 0 Å². The van der Waals surface area contributed by atoms with Crippen molar-refractivity contribution in [2.24, 2.45) is 0 Å². The average molecular weight is 469 g/mol. The van der Waals surface area contributed by atoms with E-state index in [0.29, 0.717) is 10.0 Å². The fraction of sp³-hybridized carbons (Fsp3) is 0. The predicted molar refractivity (Wildman–Crippen MR) is 135 cm³/mol. The largest absolute Gasteiger partial charge is 0.457 e. The second kappa shape index (κ2) is 9.45. The van der Waals surface area contributed by atoms with Gasteiger partial charge in [-0.05, 0) is 54.6 Å². The summed E-state index contributed by atoms with van der Waals surface area (Å²) in [5.74, 6) is 1.47. The zero-order chi connectivity index (χ0) is 22.6. The number of benzene rings is 3. The summed E-state index contributed by atoms with van der Waals surface area (Å²) < 4.78 is 6.14. The lowest BCUT2D eigenvalue weighted by Gasteiger charge is -2.10. The molecule has 160 valence electrons. The Hall–Kier alpha value is -3.66. The van der Waals surface area contributed by atoms with Crippen LogP contribution in [-0.4, -0.2) is 9.97 Å². The van der Waals surface area contributed by atoms with Crippen LogP contribution in [0.5, 0.6) is 11.5 Å². The van der Waals surface area contributed by atoms with Crippen molar-refractivity contribution < 1.29 is 4.74 Å². The molecule has 2 aromatic heterocycles. The summed E-state index contributed by atoms with van der Waals surface area (Å²) in [5, 5.41) is 1.20. The number of hydrogen-bond acceptors (Lipinski definition) is 3. The number of ether oxygens (including phenoxy) is 1. The van der Waals surface area contributed by atoms with E-state index < -0.39 is 0 Å². The van der Waals surface area contributed by atoms with Crippen LogP contribution in [0.25, 0.3) is 33.6 Å². The third kappa shape index (κ3) is 4.75. The number of aromatic nitrogens is 2. The fourth-order valence-electron chi connectivity index (χ4n) is 3.59. The molecular weight excluding hydrogens is 451 g/mol. The van der Waals surface area contributed by atoms with Crippen LogP contribution in [-0.2, 0) is 0 Å². The van der Waals surface area contributed by atoms with Crippen LogP contribution in [0.15, 0.2) is 109 Å². The number of rotatable bonds is 5. The Morgan fingerprint density at radius 2 is 1.18 bits per heavy atom. The lowest BCUT2D eigenvalue weighted by molar-refractivity contribution is 0.483. The van der Waals surface area contributed by atoms with Crippen LogP contribution in [0, 0.1) is 0 Å². The third-order valence-corrected chi connectivity index (χ3v) is 5.81. The molecule has 0 saturated heterocycles. The third-order valence-electron chi connectivity index (χ3n) is 5.18. The highest BCUT2D eigenvalue weighted by Crippen LogP contribution is 2.35. The molecule has 0 spiro atoms. The number of halogens is 2. The molecule has 5 heteroatoms. The second-order valence-corrected chi connectivity index (χ2v) is 8.22. The van der Waals surface area contributed by atoms with Crippen LogP contribution < -0.4 is 4.74 Å². The van der Waals surface area contributed by atoms with Gasteiger partial charge in [0.2, 0.25) is 0 Å². The minimum Gasteiger partial charge on any atom is -0.457 e. The monoisotopic (exact) mass is 468 g/mol. The summed E-state index contributed by atoms with van der Waals surface area (Å²) >= 11 is 12.7. The molecule has 0 fully saturated rings. The van der Waals surface area contributed by atoms with E-state index in [2.05, 4.69) is 9.97 Å². The van der Waals surface area contributed by atoms with Crippen molar-refractivity contribution >= 4 is 23.2 Å². The SMILES string of the molecule is Clc1cccc(Cl)c1-c1ccc(-c2cccc(Oc3cccc(-c4ccccn4)c3)c2)nc1. The number of hydrogen-bond donors (Lipinski definition) is 0. The lowest BCUT2D eigenvalue weighted by Crippen LogP contribution is -1.89. The topological polar surface area (TPSA) is 35.0 Å². The molecule has 3 nitrogen and oxygen atoms in total. The molecule has 0 aliphatic rings. The highest BCUT2D eigenvalue weighted by atomic mass is 35.5. The molecular formula is C28H18Cl2N2O. The summed E-state index contributed by atoms with van der Waals surface area (Å²) in [4.78, 5) is 9.04. The molecule has 0 atom stereocenters. The molecule has 0 amide bonds. The van der Waals surface area contributed by atoms with Crippen LogP contribution in [0.3, 0.4) is 0 Å². The normalized spacial score (nSPS) is 10.7. The van der Waals surface area contributed by atoms with Crippen LogP contribution in [0.4, 0.5) is 0 Å². The Kier molecular flexibility index (Phi) is 6.07. The van der Waals surface area contributed by atoms with Gasteiger partial charge in [-0.25, -0.2) is 0 Å². The van der Waals surface area contributed by atoms with Crippen molar-refractivity contribution in [2.45, 2.75) is 0 Å². The van der Waals surface area contributed by atoms with Crippen LogP contribution >= 0.6 is 23.2 Å². The highest BCUT2D eigenvalue weighted by molar-refractivity contribution is 6.39. The predicted octanol–water partition coefficient (Wildman–Crippen LogP) is 8.58. The fourth-order valence-corrected chi connectivity index (χ4v) is 4.21. The molecule has 0 radical (unpaired) electrons. The first-order valence-electron chi connectivity index (χ1n) is 10.4. The first-order valence-corrected chi connectivity index (χ1v) is 11.1. The van der Waals surface area contributed by atoms with Gasteiger partial charge in [0.05, 0.1) is 11.4 Å². The second-order valence-electron chi connectivity index (χ2n) is 7.40. The van der Waals surface area contributed by atoms with Crippen molar-refractivity contribution in [3.8, 4) is 45.1 Å². The molecule has 5 aromatic rings. The van der Waals surface area contributed by atoms with E-state index in [1.165, 1.54) is 0 Å². The molecule has 0 N–H and O–H groups in total. The van der Waals surface area contributed by atoms with Gasteiger partial charge in [0.1, 0.15) is 11.5 Å². The molecule has 0 bridgehead atoms. The highest BCUT2D eigenvalue weighted by Gasteiger charge is 2.10. The van der Waals surface area contributed by atoms with Crippen molar-refractivity contribution in [3.05, 3.63) is 120 Å². The Morgan fingerprint density at radius 1 is 0.545 bits per heavy atom.